The number of alkyl halides is 1. The standard InChI is InChI=1S/C11H15ClN2O3S/c1-13-18(16,17)6-5-14-11(15)10-4-2-3-9(7-10)8-12/h2-4,7,13H,5-6,8H2,1H3,(H,14,15). The van der Waals surface area contributed by atoms with Crippen LogP contribution in [0.2, 0.25) is 0 Å². The Morgan fingerprint density at radius 3 is 2.72 bits per heavy atom. The topological polar surface area (TPSA) is 75.3 Å². The number of sulfonamides is 1. The Hall–Kier alpha value is -1.11. The van der Waals surface area contributed by atoms with E-state index in [2.05, 4.69) is 10.0 Å². The predicted molar refractivity (Wildman–Crippen MR) is 71.2 cm³/mol. The summed E-state index contributed by atoms with van der Waals surface area (Å²) in [5.41, 5.74) is 1.31. The van der Waals surface area contributed by atoms with Crippen molar-refractivity contribution in [2.45, 2.75) is 5.88 Å². The van der Waals surface area contributed by atoms with Crippen LogP contribution in [0.15, 0.2) is 24.3 Å². The first-order valence-corrected chi connectivity index (χ1v) is 7.51. The molecular weight excluding hydrogens is 276 g/mol. The third kappa shape index (κ3) is 4.64. The lowest BCUT2D eigenvalue weighted by Gasteiger charge is -2.06. The Morgan fingerprint density at radius 1 is 1.39 bits per heavy atom. The minimum Gasteiger partial charge on any atom is -0.351 e. The van der Waals surface area contributed by atoms with Gasteiger partial charge in [-0.2, -0.15) is 0 Å². The van der Waals surface area contributed by atoms with E-state index in [1.807, 2.05) is 6.07 Å². The van der Waals surface area contributed by atoms with Crippen LogP contribution >= 0.6 is 11.6 Å². The number of hydrogen-bond donors (Lipinski definition) is 2. The molecule has 0 aliphatic heterocycles. The van der Waals surface area contributed by atoms with Crippen LogP contribution in [-0.2, 0) is 15.9 Å². The van der Waals surface area contributed by atoms with Crippen LogP contribution in [0.5, 0.6) is 0 Å². The Morgan fingerprint density at radius 2 is 2.11 bits per heavy atom. The Labute approximate surface area is 112 Å². The molecule has 7 heteroatoms. The van der Waals surface area contributed by atoms with Gasteiger partial charge in [-0.25, -0.2) is 13.1 Å². The van der Waals surface area contributed by atoms with Crippen LogP contribution in [0.25, 0.3) is 0 Å². The van der Waals surface area contributed by atoms with Crippen molar-refractivity contribution in [1.29, 1.82) is 0 Å². The molecule has 0 heterocycles. The molecular formula is C11H15ClN2O3S. The first-order valence-electron chi connectivity index (χ1n) is 5.33. The van der Waals surface area contributed by atoms with E-state index in [-0.39, 0.29) is 18.2 Å². The Kier molecular flexibility index (Phi) is 5.58. The third-order valence-corrected chi connectivity index (χ3v) is 3.98. The normalized spacial score (nSPS) is 11.2. The van der Waals surface area contributed by atoms with Gasteiger partial charge in [0, 0.05) is 18.0 Å². The molecule has 0 aromatic heterocycles. The van der Waals surface area contributed by atoms with E-state index in [4.69, 9.17) is 11.6 Å². The average Bonchev–Trinajstić information content (AvgIpc) is 2.38. The van der Waals surface area contributed by atoms with Gasteiger partial charge < -0.3 is 5.32 Å². The van der Waals surface area contributed by atoms with Crippen molar-refractivity contribution in [3.05, 3.63) is 35.4 Å². The van der Waals surface area contributed by atoms with E-state index in [9.17, 15) is 13.2 Å². The van der Waals surface area contributed by atoms with Gasteiger partial charge in [0.1, 0.15) is 0 Å². The van der Waals surface area contributed by atoms with Crippen LogP contribution < -0.4 is 10.0 Å². The van der Waals surface area contributed by atoms with Crippen LogP contribution in [0.4, 0.5) is 0 Å². The van der Waals surface area contributed by atoms with E-state index in [0.29, 0.717) is 11.4 Å². The van der Waals surface area contributed by atoms with E-state index >= 15 is 0 Å². The molecule has 1 aromatic rings. The van der Waals surface area contributed by atoms with Crippen molar-refractivity contribution in [2.75, 3.05) is 19.3 Å². The lowest BCUT2D eigenvalue weighted by atomic mass is 10.1. The summed E-state index contributed by atoms with van der Waals surface area (Å²) in [6.07, 6.45) is 0. The molecule has 0 spiro atoms. The number of rotatable bonds is 6. The lowest BCUT2D eigenvalue weighted by Crippen LogP contribution is -2.32. The molecule has 0 aliphatic rings. The number of benzene rings is 1. The highest BCUT2D eigenvalue weighted by Gasteiger charge is 2.09. The van der Waals surface area contributed by atoms with Crippen molar-refractivity contribution in [2.24, 2.45) is 0 Å². The summed E-state index contributed by atoms with van der Waals surface area (Å²) in [5.74, 6) is -0.132. The minimum absolute atomic E-state index is 0.0626. The second kappa shape index (κ2) is 6.72. The zero-order chi connectivity index (χ0) is 13.6. The number of amides is 1. The molecule has 1 aromatic carbocycles. The molecule has 18 heavy (non-hydrogen) atoms. The van der Waals surface area contributed by atoms with E-state index < -0.39 is 10.0 Å². The zero-order valence-corrected chi connectivity index (χ0v) is 11.5. The average molecular weight is 291 g/mol. The molecule has 0 bridgehead atoms. The largest absolute Gasteiger partial charge is 0.351 e. The van der Waals surface area contributed by atoms with E-state index in [0.717, 1.165) is 5.56 Å². The quantitative estimate of drug-likeness (QED) is 0.758. The van der Waals surface area contributed by atoms with Crippen LogP contribution in [0.3, 0.4) is 0 Å². The maximum atomic E-state index is 11.7. The van der Waals surface area contributed by atoms with Crippen molar-refractivity contribution < 1.29 is 13.2 Å². The summed E-state index contributed by atoms with van der Waals surface area (Å²) in [5, 5.41) is 2.54. The van der Waals surface area contributed by atoms with Crippen LogP contribution in [-0.4, -0.2) is 33.7 Å². The molecule has 0 unspecified atom stereocenters. The van der Waals surface area contributed by atoms with Gasteiger partial charge in [0.25, 0.3) is 5.91 Å². The second-order valence-corrected chi connectivity index (χ2v) is 5.93. The molecule has 0 saturated carbocycles. The van der Waals surface area contributed by atoms with Gasteiger partial charge in [-0.1, -0.05) is 12.1 Å². The Bertz CT molecular complexity index is 517. The number of halogens is 1. The first-order chi connectivity index (χ1) is 8.48. The number of nitrogens with one attached hydrogen (secondary N) is 2. The van der Waals surface area contributed by atoms with Gasteiger partial charge in [-0.05, 0) is 24.7 Å². The number of hydrogen-bond acceptors (Lipinski definition) is 3. The molecule has 0 aliphatic carbocycles. The van der Waals surface area contributed by atoms with Gasteiger partial charge in [0.05, 0.1) is 5.75 Å². The summed E-state index contributed by atoms with van der Waals surface area (Å²) in [6.45, 7) is 0.0626. The highest BCUT2D eigenvalue weighted by molar-refractivity contribution is 7.89. The monoisotopic (exact) mass is 290 g/mol. The molecule has 5 nitrogen and oxygen atoms in total. The van der Waals surface area contributed by atoms with E-state index in [1.165, 1.54) is 7.05 Å². The summed E-state index contributed by atoms with van der Waals surface area (Å²) in [4.78, 5) is 11.7. The van der Waals surface area contributed by atoms with Crippen LogP contribution in [0.1, 0.15) is 15.9 Å². The molecule has 0 fully saturated rings. The second-order valence-electron chi connectivity index (χ2n) is 3.61. The van der Waals surface area contributed by atoms with E-state index in [1.54, 1.807) is 18.2 Å². The zero-order valence-electron chi connectivity index (χ0n) is 9.94. The minimum atomic E-state index is -3.30. The van der Waals surface area contributed by atoms with Crippen molar-refractivity contribution in [3.63, 3.8) is 0 Å². The summed E-state index contributed by atoms with van der Waals surface area (Å²) in [7, 11) is -1.96. The summed E-state index contributed by atoms with van der Waals surface area (Å²) >= 11 is 5.67. The molecule has 1 amide bonds. The molecule has 0 saturated heterocycles. The molecule has 0 atom stereocenters. The van der Waals surface area contributed by atoms with Gasteiger partial charge in [-0.3, -0.25) is 4.79 Å². The highest BCUT2D eigenvalue weighted by Crippen LogP contribution is 2.07. The number of carbonyl (C=O) groups excluding carboxylic acids is 1. The molecule has 100 valence electrons. The molecule has 2 N–H and O–H groups in total. The van der Waals surface area contributed by atoms with Crippen molar-refractivity contribution >= 4 is 27.5 Å². The van der Waals surface area contributed by atoms with Gasteiger partial charge in [-0.15, -0.1) is 11.6 Å². The lowest BCUT2D eigenvalue weighted by molar-refractivity contribution is 0.0956. The maximum Gasteiger partial charge on any atom is 0.251 e. The molecule has 1 rings (SSSR count). The Balaban J connectivity index is 2.55. The fourth-order valence-corrected chi connectivity index (χ4v) is 2.04. The fourth-order valence-electron chi connectivity index (χ4n) is 1.30. The van der Waals surface area contributed by atoms with Gasteiger partial charge in [0.15, 0.2) is 0 Å². The third-order valence-electron chi connectivity index (χ3n) is 2.31. The molecule has 0 radical (unpaired) electrons. The highest BCUT2D eigenvalue weighted by atomic mass is 35.5. The van der Waals surface area contributed by atoms with Gasteiger partial charge >= 0.3 is 0 Å². The summed E-state index contributed by atoms with van der Waals surface area (Å²) in [6, 6.07) is 6.87. The smallest absolute Gasteiger partial charge is 0.251 e. The fraction of sp³-hybridized carbons (Fsp3) is 0.364. The predicted octanol–water partition coefficient (Wildman–Crippen LogP) is 0.704. The van der Waals surface area contributed by atoms with Gasteiger partial charge in [0.2, 0.25) is 10.0 Å². The summed E-state index contributed by atoms with van der Waals surface area (Å²) < 4.78 is 24.5. The van der Waals surface area contributed by atoms with Crippen LogP contribution in [0, 0.1) is 0 Å². The SMILES string of the molecule is CNS(=O)(=O)CCNC(=O)c1cccc(CCl)c1. The van der Waals surface area contributed by atoms with Crippen molar-refractivity contribution in [3.8, 4) is 0 Å². The first kappa shape index (κ1) is 14.9. The number of carbonyl (C=O) groups is 1. The van der Waals surface area contributed by atoms with Crippen molar-refractivity contribution in [1.82, 2.24) is 10.0 Å². The maximum absolute atomic E-state index is 11.7.